The molecule has 0 bridgehead atoms. The van der Waals surface area contributed by atoms with Crippen LogP contribution in [0.5, 0.6) is 0 Å². The quantitative estimate of drug-likeness (QED) is 0.433. The van der Waals surface area contributed by atoms with Gasteiger partial charge in [-0.1, -0.05) is 23.7 Å². The predicted octanol–water partition coefficient (Wildman–Crippen LogP) is 4.06. The molecule has 0 radical (unpaired) electrons. The Morgan fingerprint density at radius 1 is 1.03 bits per heavy atom. The smallest absolute Gasteiger partial charge is 0.266 e. The Hall–Kier alpha value is -3.50. The van der Waals surface area contributed by atoms with Gasteiger partial charge in [-0.3, -0.25) is 9.40 Å². The first-order valence-electron chi connectivity index (χ1n) is 9.04. The summed E-state index contributed by atoms with van der Waals surface area (Å²) in [5.41, 5.74) is 1.38. The monoisotopic (exact) mass is 458 g/mol. The second-order valence-electron chi connectivity index (χ2n) is 6.51. The molecule has 0 amide bonds. The van der Waals surface area contributed by atoms with E-state index in [1.165, 1.54) is 30.5 Å². The molecule has 0 spiro atoms. The standard InChI is InChI=1S/C20H16ClFN6O2S/c21-15-5-3-14(4-6-15)13-28-11-9-19(26-28)24-16-7-8-18(17(22)12-16)31(29,30)27-20-2-1-10-23-25-20/h1-12H,13H2,(H,24,26)(H,25,27). The van der Waals surface area contributed by atoms with Crippen LogP contribution in [0.1, 0.15) is 5.56 Å². The van der Waals surface area contributed by atoms with Crippen molar-refractivity contribution in [3.8, 4) is 0 Å². The van der Waals surface area contributed by atoms with Gasteiger partial charge in [0.15, 0.2) is 11.6 Å². The molecular weight excluding hydrogens is 443 g/mol. The first-order chi connectivity index (χ1) is 14.9. The van der Waals surface area contributed by atoms with Crippen molar-refractivity contribution in [1.82, 2.24) is 20.0 Å². The van der Waals surface area contributed by atoms with Crippen LogP contribution in [0.3, 0.4) is 0 Å². The molecule has 0 aliphatic heterocycles. The molecule has 2 aromatic heterocycles. The summed E-state index contributed by atoms with van der Waals surface area (Å²) in [4.78, 5) is -0.503. The van der Waals surface area contributed by atoms with Crippen LogP contribution in [0, 0.1) is 5.82 Å². The van der Waals surface area contributed by atoms with Crippen molar-refractivity contribution in [1.29, 1.82) is 0 Å². The Kier molecular flexibility index (Phi) is 5.83. The van der Waals surface area contributed by atoms with E-state index in [2.05, 4.69) is 25.3 Å². The molecule has 0 fully saturated rings. The minimum absolute atomic E-state index is 0.00433. The van der Waals surface area contributed by atoms with E-state index < -0.39 is 20.7 Å². The highest BCUT2D eigenvalue weighted by molar-refractivity contribution is 7.92. The van der Waals surface area contributed by atoms with Crippen molar-refractivity contribution in [3.63, 3.8) is 0 Å². The zero-order valence-electron chi connectivity index (χ0n) is 15.9. The second kappa shape index (κ2) is 8.70. The van der Waals surface area contributed by atoms with E-state index in [1.54, 1.807) is 29.1 Å². The highest BCUT2D eigenvalue weighted by Gasteiger charge is 2.20. The Morgan fingerprint density at radius 3 is 2.55 bits per heavy atom. The zero-order chi connectivity index (χ0) is 21.8. The van der Waals surface area contributed by atoms with E-state index >= 15 is 0 Å². The number of benzene rings is 2. The van der Waals surface area contributed by atoms with Crippen molar-refractivity contribution in [2.75, 3.05) is 10.0 Å². The number of aromatic nitrogens is 4. The van der Waals surface area contributed by atoms with Gasteiger partial charge in [-0.15, -0.1) is 5.10 Å². The number of sulfonamides is 1. The third-order valence-electron chi connectivity index (χ3n) is 4.20. The molecule has 8 nitrogen and oxygen atoms in total. The Labute approximate surface area is 182 Å². The van der Waals surface area contributed by atoms with Crippen molar-refractivity contribution < 1.29 is 12.8 Å². The number of rotatable bonds is 7. The maximum Gasteiger partial charge on any atom is 0.266 e. The van der Waals surface area contributed by atoms with Crippen LogP contribution < -0.4 is 10.0 Å². The van der Waals surface area contributed by atoms with Crippen LogP contribution in [0.4, 0.5) is 21.7 Å². The van der Waals surface area contributed by atoms with Gasteiger partial charge >= 0.3 is 0 Å². The Balaban J connectivity index is 1.46. The molecule has 11 heteroatoms. The molecule has 31 heavy (non-hydrogen) atoms. The summed E-state index contributed by atoms with van der Waals surface area (Å²) in [6.45, 7) is 0.540. The van der Waals surface area contributed by atoms with E-state index in [1.807, 2.05) is 12.1 Å². The number of halogens is 2. The normalized spacial score (nSPS) is 11.3. The largest absolute Gasteiger partial charge is 0.339 e. The number of nitrogens with zero attached hydrogens (tertiary/aromatic N) is 4. The van der Waals surface area contributed by atoms with Crippen molar-refractivity contribution in [2.24, 2.45) is 0 Å². The lowest BCUT2D eigenvalue weighted by atomic mass is 10.2. The summed E-state index contributed by atoms with van der Waals surface area (Å²) in [6, 6.07) is 15.8. The Morgan fingerprint density at radius 2 is 1.84 bits per heavy atom. The fourth-order valence-corrected chi connectivity index (χ4v) is 3.97. The van der Waals surface area contributed by atoms with Gasteiger partial charge in [0.05, 0.1) is 6.54 Å². The minimum atomic E-state index is -4.15. The molecule has 2 aromatic carbocycles. The summed E-state index contributed by atoms with van der Waals surface area (Å²) >= 11 is 5.89. The predicted molar refractivity (Wildman–Crippen MR) is 115 cm³/mol. The van der Waals surface area contributed by atoms with Crippen LogP contribution in [0.25, 0.3) is 0 Å². The summed E-state index contributed by atoms with van der Waals surface area (Å²) in [6.07, 6.45) is 3.17. The molecule has 158 valence electrons. The van der Waals surface area contributed by atoms with E-state index in [-0.39, 0.29) is 5.82 Å². The molecule has 0 aliphatic carbocycles. The van der Waals surface area contributed by atoms with Gasteiger partial charge in [0.1, 0.15) is 10.7 Å². The van der Waals surface area contributed by atoms with Gasteiger partial charge in [-0.25, -0.2) is 12.8 Å². The Bertz CT molecular complexity index is 1300. The number of anilines is 3. The van der Waals surface area contributed by atoms with Gasteiger partial charge in [0.25, 0.3) is 10.0 Å². The van der Waals surface area contributed by atoms with Crippen molar-refractivity contribution >= 4 is 38.9 Å². The van der Waals surface area contributed by atoms with Gasteiger partial charge in [-0.05, 0) is 48.0 Å². The lowest BCUT2D eigenvalue weighted by Gasteiger charge is -2.09. The summed E-state index contributed by atoms with van der Waals surface area (Å²) < 4.78 is 43.3. The molecular formula is C20H16ClFN6O2S. The molecule has 0 saturated carbocycles. The van der Waals surface area contributed by atoms with E-state index in [9.17, 15) is 12.8 Å². The van der Waals surface area contributed by atoms with E-state index in [0.717, 1.165) is 11.6 Å². The van der Waals surface area contributed by atoms with Crippen LogP contribution in [-0.4, -0.2) is 28.4 Å². The summed E-state index contributed by atoms with van der Waals surface area (Å²) in [5.74, 6) is -0.432. The zero-order valence-corrected chi connectivity index (χ0v) is 17.5. The highest BCUT2D eigenvalue weighted by Crippen LogP contribution is 2.23. The third-order valence-corrected chi connectivity index (χ3v) is 5.84. The van der Waals surface area contributed by atoms with Gasteiger partial charge in [-0.2, -0.15) is 10.2 Å². The average Bonchev–Trinajstić information content (AvgIpc) is 3.16. The molecule has 0 atom stereocenters. The topological polar surface area (TPSA) is 102 Å². The SMILES string of the molecule is O=S(=O)(Nc1cccnn1)c1ccc(Nc2ccn(Cc3ccc(Cl)cc3)n2)cc1F. The molecule has 0 unspecified atom stereocenters. The van der Waals surface area contributed by atoms with E-state index in [0.29, 0.717) is 23.1 Å². The minimum Gasteiger partial charge on any atom is -0.339 e. The fraction of sp³-hybridized carbons (Fsp3) is 0.0500. The van der Waals surface area contributed by atoms with Gasteiger partial charge < -0.3 is 5.32 Å². The molecule has 2 N–H and O–H groups in total. The summed E-state index contributed by atoms with van der Waals surface area (Å²) in [7, 11) is -4.15. The average molecular weight is 459 g/mol. The third kappa shape index (κ3) is 5.16. The van der Waals surface area contributed by atoms with Crippen LogP contribution >= 0.6 is 11.6 Å². The first kappa shape index (κ1) is 20.8. The van der Waals surface area contributed by atoms with Gasteiger partial charge in [0.2, 0.25) is 0 Å². The van der Waals surface area contributed by atoms with Crippen LogP contribution in [0.15, 0.2) is 78.0 Å². The molecule has 0 aliphatic rings. The second-order valence-corrected chi connectivity index (χ2v) is 8.60. The van der Waals surface area contributed by atoms with E-state index in [4.69, 9.17) is 11.6 Å². The highest BCUT2D eigenvalue weighted by atomic mass is 35.5. The molecule has 0 saturated heterocycles. The summed E-state index contributed by atoms with van der Waals surface area (Å²) in [5, 5.41) is 15.2. The van der Waals surface area contributed by atoms with Crippen molar-refractivity contribution in [3.05, 3.63) is 89.5 Å². The maximum absolute atomic E-state index is 14.5. The molecule has 4 aromatic rings. The molecule has 2 heterocycles. The van der Waals surface area contributed by atoms with Crippen LogP contribution in [-0.2, 0) is 16.6 Å². The lowest BCUT2D eigenvalue weighted by Crippen LogP contribution is -2.15. The first-order valence-corrected chi connectivity index (χ1v) is 10.9. The van der Waals surface area contributed by atoms with Crippen LogP contribution in [0.2, 0.25) is 5.02 Å². The lowest BCUT2D eigenvalue weighted by molar-refractivity contribution is 0.570. The maximum atomic E-state index is 14.5. The fourth-order valence-electron chi connectivity index (χ4n) is 2.79. The molecule has 4 rings (SSSR count). The number of hydrogen-bond donors (Lipinski definition) is 2. The number of nitrogens with one attached hydrogen (secondary N) is 2. The van der Waals surface area contributed by atoms with Gasteiger partial charge in [0, 0.05) is 29.2 Å². The van der Waals surface area contributed by atoms with Crippen molar-refractivity contribution in [2.45, 2.75) is 11.4 Å². The number of hydrogen-bond acceptors (Lipinski definition) is 6.